The summed E-state index contributed by atoms with van der Waals surface area (Å²) in [5.74, 6) is -1.36. The minimum Gasteiger partial charge on any atom is -0.416 e. The number of aromatic nitrogens is 1. The third-order valence-corrected chi connectivity index (χ3v) is 4.61. The van der Waals surface area contributed by atoms with E-state index >= 15 is 0 Å². The van der Waals surface area contributed by atoms with E-state index in [1.54, 1.807) is 12.1 Å². The fourth-order valence-electron chi connectivity index (χ4n) is 3.02. The molecule has 1 fully saturated rings. The van der Waals surface area contributed by atoms with Crippen LogP contribution in [-0.2, 0) is 0 Å². The van der Waals surface area contributed by atoms with Gasteiger partial charge in [-0.05, 0) is 49.4 Å². The number of carbonyl (C=O) groups is 3. The van der Waals surface area contributed by atoms with Crippen LogP contribution < -0.4 is 22.1 Å². The second-order valence-corrected chi connectivity index (χ2v) is 6.56. The number of aromatic amines is 1. The Kier molecular flexibility index (Phi) is 5.39. The topological polar surface area (TPSA) is 147 Å². The summed E-state index contributed by atoms with van der Waals surface area (Å²) in [6.45, 7) is 0.478. The van der Waals surface area contributed by atoms with Crippen LogP contribution in [0.25, 0.3) is 0 Å². The molecule has 0 radical (unpaired) electrons. The van der Waals surface area contributed by atoms with Crippen LogP contribution >= 0.6 is 0 Å². The van der Waals surface area contributed by atoms with Gasteiger partial charge in [-0.2, -0.15) is 0 Å². The normalized spacial score (nSPS) is 18.4. The van der Waals surface area contributed by atoms with Crippen molar-refractivity contribution in [2.24, 2.45) is 11.7 Å². The highest BCUT2D eigenvalue weighted by Crippen LogP contribution is 2.30. The van der Waals surface area contributed by atoms with Gasteiger partial charge in [0.05, 0.1) is 0 Å². The summed E-state index contributed by atoms with van der Waals surface area (Å²) in [5, 5.41) is 5.66. The third-order valence-electron chi connectivity index (χ3n) is 4.61. The summed E-state index contributed by atoms with van der Waals surface area (Å²) < 4.78 is 4.52. The molecule has 1 aromatic carbocycles. The Morgan fingerprint density at radius 1 is 1.11 bits per heavy atom. The van der Waals surface area contributed by atoms with Crippen molar-refractivity contribution in [2.45, 2.75) is 25.3 Å². The van der Waals surface area contributed by atoms with Gasteiger partial charge in [0.2, 0.25) is 5.91 Å². The Labute approximate surface area is 154 Å². The quantitative estimate of drug-likeness (QED) is 0.555. The zero-order valence-corrected chi connectivity index (χ0v) is 14.5. The van der Waals surface area contributed by atoms with E-state index in [0.717, 1.165) is 25.5 Å². The molecule has 5 N–H and O–H groups in total. The van der Waals surface area contributed by atoms with E-state index in [-0.39, 0.29) is 23.6 Å². The van der Waals surface area contributed by atoms with Gasteiger partial charge in [-0.15, -0.1) is 0 Å². The van der Waals surface area contributed by atoms with Crippen LogP contribution in [0.3, 0.4) is 0 Å². The molecule has 1 aliphatic rings. The van der Waals surface area contributed by atoms with Crippen molar-refractivity contribution < 1.29 is 18.8 Å². The molecular weight excluding hydrogens is 352 g/mol. The highest BCUT2D eigenvalue weighted by molar-refractivity contribution is 5.97. The highest BCUT2D eigenvalue weighted by atomic mass is 16.4. The fraction of sp³-hybridized carbons (Fsp3) is 0.333. The van der Waals surface area contributed by atoms with E-state index in [1.165, 1.54) is 12.1 Å². The molecule has 1 aliphatic carbocycles. The Balaban J connectivity index is 1.36. The Morgan fingerprint density at radius 2 is 1.78 bits per heavy atom. The lowest BCUT2D eigenvalue weighted by Gasteiger charge is -2.36. The predicted molar refractivity (Wildman–Crippen MR) is 95.2 cm³/mol. The van der Waals surface area contributed by atoms with Gasteiger partial charge < -0.3 is 20.8 Å². The van der Waals surface area contributed by atoms with Crippen molar-refractivity contribution in [1.82, 2.24) is 15.6 Å². The first-order valence-corrected chi connectivity index (χ1v) is 8.59. The molecule has 0 aliphatic heterocycles. The molecule has 0 bridgehead atoms. The number of nitrogens with one attached hydrogen (secondary N) is 3. The minimum absolute atomic E-state index is 0.0965. The SMILES string of the molecule is NC(=O)c1ccc(C(=O)NC2CC(CCNC(=O)c3coc(=O)[nH]3)C2)cc1. The van der Waals surface area contributed by atoms with Gasteiger partial charge in [0.1, 0.15) is 12.0 Å². The average molecular weight is 372 g/mol. The molecule has 3 rings (SSSR count). The molecule has 2 aromatic rings. The molecule has 1 saturated carbocycles. The monoisotopic (exact) mass is 372 g/mol. The van der Waals surface area contributed by atoms with Crippen LogP contribution in [0.5, 0.6) is 0 Å². The zero-order valence-electron chi connectivity index (χ0n) is 14.5. The number of amides is 3. The van der Waals surface area contributed by atoms with Crippen molar-refractivity contribution in [1.29, 1.82) is 0 Å². The zero-order chi connectivity index (χ0) is 19.4. The van der Waals surface area contributed by atoms with E-state index in [9.17, 15) is 19.2 Å². The molecule has 9 nitrogen and oxygen atoms in total. The maximum Gasteiger partial charge on any atom is 0.416 e. The summed E-state index contributed by atoms with van der Waals surface area (Å²) in [4.78, 5) is 48.1. The second-order valence-electron chi connectivity index (χ2n) is 6.56. The van der Waals surface area contributed by atoms with Gasteiger partial charge in [-0.1, -0.05) is 0 Å². The van der Waals surface area contributed by atoms with Crippen molar-refractivity contribution in [2.75, 3.05) is 6.54 Å². The first kappa shape index (κ1) is 18.4. The number of nitrogens with two attached hydrogens (primary N) is 1. The molecule has 142 valence electrons. The molecular formula is C18H20N4O5. The van der Waals surface area contributed by atoms with Crippen molar-refractivity contribution in [3.63, 3.8) is 0 Å². The lowest BCUT2D eigenvalue weighted by atomic mass is 9.78. The number of carbonyl (C=O) groups excluding carboxylic acids is 3. The summed E-state index contributed by atoms with van der Waals surface area (Å²) in [6.07, 6.45) is 3.54. The van der Waals surface area contributed by atoms with Gasteiger partial charge >= 0.3 is 5.76 Å². The standard InChI is InChI=1S/C18H20N4O5/c19-15(23)11-1-3-12(4-2-11)16(24)21-13-7-10(8-13)5-6-20-17(25)14-9-27-18(26)22-14/h1-4,9-10,13H,5-8H2,(H2,19,23)(H,20,25)(H,21,24)(H,22,26). The first-order valence-electron chi connectivity index (χ1n) is 8.59. The van der Waals surface area contributed by atoms with Crippen molar-refractivity contribution in [3.05, 3.63) is 57.9 Å². The van der Waals surface area contributed by atoms with Gasteiger partial charge in [-0.3, -0.25) is 19.4 Å². The number of benzene rings is 1. The minimum atomic E-state index is -0.665. The molecule has 0 atom stereocenters. The average Bonchev–Trinajstić information content (AvgIpc) is 3.05. The fourth-order valence-corrected chi connectivity index (χ4v) is 3.02. The summed E-state index contributed by atoms with van der Waals surface area (Å²) in [5.41, 5.74) is 6.11. The van der Waals surface area contributed by atoms with Crippen LogP contribution in [0.2, 0.25) is 0 Å². The molecule has 1 heterocycles. The van der Waals surface area contributed by atoms with Crippen LogP contribution in [0, 0.1) is 5.92 Å². The summed E-state index contributed by atoms with van der Waals surface area (Å²) in [6, 6.07) is 6.29. The Hall–Kier alpha value is -3.36. The van der Waals surface area contributed by atoms with E-state index in [4.69, 9.17) is 5.73 Å². The highest BCUT2D eigenvalue weighted by Gasteiger charge is 2.30. The van der Waals surface area contributed by atoms with Crippen LogP contribution in [-0.4, -0.2) is 35.3 Å². The van der Waals surface area contributed by atoms with Crippen LogP contribution in [0.4, 0.5) is 0 Å². The molecule has 1 aromatic heterocycles. The van der Waals surface area contributed by atoms with Crippen molar-refractivity contribution >= 4 is 17.7 Å². The number of primary amides is 1. The van der Waals surface area contributed by atoms with Crippen molar-refractivity contribution in [3.8, 4) is 0 Å². The number of H-pyrrole nitrogens is 1. The van der Waals surface area contributed by atoms with E-state index in [1.807, 2.05) is 0 Å². The largest absolute Gasteiger partial charge is 0.416 e. The first-order chi connectivity index (χ1) is 12.9. The lowest BCUT2D eigenvalue weighted by molar-refractivity contribution is 0.0882. The predicted octanol–water partition coefficient (Wildman–Crippen LogP) is 0.395. The number of oxazole rings is 1. The smallest absolute Gasteiger partial charge is 0.416 e. The summed E-state index contributed by atoms with van der Waals surface area (Å²) >= 11 is 0. The number of rotatable bonds is 7. The molecule has 0 spiro atoms. The van der Waals surface area contributed by atoms with E-state index in [2.05, 4.69) is 20.0 Å². The molecule has 3 amide bonds. The van der Waals surface area contributed by atoms with Crippen LogP contribution in [0.15, 0.2) is 39.7 Å². The van der Waals surface area contributed by atoms with Gasteiger partial charge in [-0.25, -0.2) is 4.79 Å². The molecule has 27 heavy (non-hydrogen) atoms. The Morgan fingerprint density at radius 3 is 2.37 bits per heavy atom. The summed E-state index contributed by atoms with van der Waals surface area (Å²) in [7, 11) is 0. The molecule has 0 saturated heterocycles. The second kappa shape index (κ2) is 7.90. The maximum atomic E-state index is 12.2. The van der Waals surface area contributed by atoms with Gasteiger partial charge in [0.25, 0.3) is 11.8 Å². The number of hydrogen-bond donors (Lipinski definition) is 4. The maximum absolute atomic E-state index is 12.2. The van der Waals surface area contributed by atoms with Gasteiger partial charge in [0.15, 0.2) is 0 Å². The van der Waals surface area contributed by atoms with E-state index < -0.39 is 11.7 Å². The lowest BCUT2D eigenvalue weighted by Crippen LogP contribution is -2.45. The van der Waals surface area contributed by atoms with Crippen LogP contribution in [0.1, 0.15) is 50.5 Å². The third kappa shape index (κ3) is 4.63. The molecule has 0 unspecified atom stereocenters. The van der Waals surface area contributed by atoms with E-state index in [0.29, 0.717) is 23.6 Å². The Bertz CT molecular complexity index is 893. The van der Waals surface area contributed by atoms with Gasteiger partial charge in [0, 0.05) is 23.7 Å². The molecule has 9 heteroatoms. The number of hydrogen-bond acceptors (Lipinski definition) is 5.